The fraction of sp³-hybridized carbons (Fsp3) is 0.375. The quantitative estimate of drug-likeness (QED) is 0.668. The van der Waals surface area contributed by atoms with Crippen molar-refractivity contribution in [2.75, 3.05) is 49.6 Å². The summed E-state index contributed by atoms with van der Waals surface area (Å²) in [4.78, 5) is 40.4. The number of nitrogens with zero attached hydrogens (tertiary/aromatic N) is 2. The lowest BCUT2D eigenvalue weighted by molar-refractivity contribution is -0.129. The fourth-order valence-electron chi connectivity index (χ4n) is 3.56. The zero-order valence-corrected chi connectivity index (χ0v) is 18.7. The Morgan fingerprint density at radius 3 is 2.44 bits per heavy atom. The average molecular weight is 440 g/mol. The minimum absolute atomic E-state index is 0.0455. The van der Waals surface area contributed by atoms with Gasteiger partial charge in [0.25, 0.3) is 5.91 Å². The lowest BCUT2D eigenvalue weighted by Gasteiger charge is -2.36. The van der Waals surface area contributed by atoms with Crippen LogP contribution in [0.4, 0.5) is 11.4 Å². The van der Waals surface area contributed by atoms with Gasteiger partial charge in [-0.2, -0.15) is 0 Å². The van der Waals surface area contributed by atoms with Gasteiger partial charge in [-0.1, -0.05) is 12.1 Å². The van der Waals surface area contributed by atoms with Gasteiger partial charge < -0.3 is 24.6 Å². The lowest BCUT2D eigenvalue weighted by Crippen LogP contribution is -2.48. The van der Waals surface area contributed by atoms with Crippen LogP contribution in [0.5, 0.6) is 5.75 Å². The average Bonchev–Trinajstić information content (AvgIpc) is 2.78. The molecule has 170 valence electrons. The first-order valence-electron chi connectivity index (χ1n) is 10.7. The molecular weight excluding hydrogens is 410 g/mol. The number of carbonyl (C=O) groups excluding carboxylic acids is 3. The molecule has 0 saturated carbocycles. The Bertz CT molecular complexity index is 983. The van der Waals surface area contributed by atoms with E-state index in [0.717, 1.165) is 11.3 Å². The van der Waals surface area contributed by atoms with Crippen molar-refractivity contribution in [1.29, 1.82) is 0 Å². The number of ether oxygens (including phenoxy) is 2. The van der Waals surface area contributed by atoms with Gasteiger partial charge in [0.15, 0.2) is 6.61 Å². The second-order valence-electron chi connectivity index (χ2n) is 7.60. The number of aryl methyl sites for hydroxylation is 1. The number of hydrogen-bond donors (Lipinski definition) is 1. The Labute approximate surface area is 188 Å². The van der Waals surface area contributed by atoms with E-state index < -0.39 is 5.97 Å². The second-order valence-corrected chi connectivity index (χ2v) is 7.60. The maximum Gasteiger partial charge on any atom is 0.338 e. The second kappa shape index (κ2) is 10.7. The van der Waals surface area contributed by atoms with Crippen LogP contribution in [0.15, 0.2) is 42.5 Å². The highest BCUT2D eigenvalue weighted by Gasteiger charge is 2.22. The topological polar surface area (TPSA) is 88.2 Å². The van der Waals surface area contributed by atoms with Gasteiger partial charge in [0.1, 0.15) is 5.75 Å². The lowest BCUT2D eigenvalue weighted by atomic mass is 10.1. The van der Waals surface area contributed by atoms with Crippen LogP contribution in [-0.2, 0) is 14.3 Å². The monoisotopic (exact) mass is 439 g/mol. The van der Waals surface area contributed by atoms with Crippen LogP contribution >= 0.6 is 0 Å². The van der Waals surface area contributed by atoms with Crippen LogP contribution in [0, 0.1) is 6.92 Å². The van der Waals surface area contributed by atoms with Crippen LogP contribution in [0.1, 0.15) is 29.8 Å². The summed E-state index contributed by atoms with van der Waals surface area (Å²) < 4.78 is 10.7. The molecule has 8 nitrogen and oxygen atoms in total. The molecule has 2 aromatic carbocycles. The van der Waals surface area contributed by atoms with E-state index in [0.29, 0.717) is 43.2 Å². The van der Waals surface area contributed by atoms with Crippen LogP contribution < -0.4 is 15.0 Å². The summed E-state index contributed by atoms with van der Waals surface area (Å²) in [7, 11) is 0. The smallest absolute Gasteiger partial charge is 0.338 e. The first kappa shape index (κ1) is 23.1. The third kappa shape index (κ3) is 6.00. The van der Waals surface area contributed by atoms with Crippen molar-refractivity contribution in [2.24, 2.45) is 0 Å². The Morgan fingerprint density at radius 1 is 1.03 bits per heavy atom. The van der Waals surface area contributed by atoms with Crippen LogP contribution in [0.2, 0.25) is 0 Å². The van der Waals surface area contributed by atoms with Crippen molar-refractivity contribution in [1.82, 2.24) is 4.90 Å². The van der Waals surface area contributed by atoms with E-state index in [-0.39, 0.29) is 25.0 Å². The number of rotatable bonds is 7. The molecule has 1 saturated heterocycles. The molecule has 3 rings (SSSR count). The van der Waals surface area contributed by atoms with Gasteiger partial charge in [-0.25, -0.2) is 4.79 Å². The summed E-state index contributed by atoms with van der Waals surface area (Å²) >= 11 is 0. The summed E-state index contributed by atoms with van der Waals surface area (Å²) in [6.07, 6.45) is 0. The van der Waals surface area contributed by atoms with E-state index in [1.807, 2.05) is 25.1 Å². The van der Waals surface area contributed by atoms with Crippen molar-refractivity contribution >= 4 is 29.2 Å². The van der Waals surface area contributed by atoms with Gasteiger partial charge in [0.05, 0.1) is 23.5 Å². The minimum Gasteiger partial charge on any atom is -0.484 e. The minimum atomic E-state index is -0.452. The van der Waals surface area contributed by atoms with E-state index >= 15 is 0 Å². The number of carbonyl (C=O) groups is 3. The molecule has 1 N–H and O–H groups in total. The largest absolute Gasteiger partial charge is 0.484 e. The molecule has 2 amide bonds. The van der Waals surface area contributed by atoms with Gasteiger partial charge in [0.2, 0.25) is 5.91 Å². The van der Waals surface area contributed by atoms with Crippen molar-refractivity contribution in [3.63, 3.8) is 0 Å². The normalized spacial score (nSPS) is 13.5. The first-order valence-corrected chi connectivity index (χ1v) is 10.7. The Kier molecular flexibility index (Phi) is 7.70. The summed E-state index contributed by atoms with van der Waals surface area (Å²) in [5, 5.41) is 2.87. The predicted octanol–water partition coefficient (Wildman–Crippen LogP) is 2.86. The number of hydrogen-bond acceptors (Lipinski definition) is 6. The molecule has 8 heteroatoms. The van der Waals surface area contributed by atoms with Crippen molar-refractivity contribution in [3.05, 3.63) is 53.6 Å². The number of amides is 2. The first-order chi connectivity index (χ1) is 15.4. The van der Waals surface area contributed by atoms with Crippen molar-refractivity contribution in [2.45, 2.75) is 20.8 Å². The van der Waals surface area contributed by atoms with Crippen LogP contribution in [-0.4, -0.2) is 62.1 Å². The van der Waals surface area contributed by atoms with Crippen molar-refractivity contribution in [3.8, 4) is 5.75 Å². The van der Waals surface area contributed by atoms with Crippen LogP contribution in [0.25, 0.3) is 0 Å². The van der Waals surface area contributed by atoms with Gasteiger partial charge in [-0.3, -0.25) is 9.59 Å². The zero-order chi connectivity index (χ0) is 23.1. The molecule has 2 aromatic rings. The van der Waals surface area contributed by atoms with Gasteiger partial charge >= 0.3 is 5.97 Å². The molecule has 0 aliphatic carbocycles. The van der Waals surface area contributed by atoms with E-state index in [9.17, 15) is 14.4 Å². The van der Waals surface area contributed by atoms with E-state index in [2.05, 4.69) is 10.2 Å². The Hall–Kier alpha value is -3.55. The molecule has 0 bridgehead atoms. The molecule has 0 unspecified atom stereocenters. The third-order valence-corrected chi connectivity index (χ3v) is 5.21. The van der Waals surface area contributed by atoms with Crippen LogP contribution in [0.3, 0.4) is 0 Å². The summed E-state index contributed by atoms with van der Waals surface area (Å²) in [6, 6.07) is 12.6. The number of piperazine rings is 1. The maximum atomic E-state index is 12.6. The van der Waals surface area contributed by atoms with Gasteiger partial charge in [0, 0.05) is 33.1 Å². The Morgan fingerprint density at radius 2 is 1.78 bits per heavy atom. The summed E-state index contributed by atoms with van der Waals surface area (Å²) in [6.45, 7) is 7.80. The fourth-order valence-corrected chi connectivity index (χ4v) is 3.56. The molecule has 1 fully saturated rings. The summed E-state index contributed by atoms with van der Waals surface area (Å²) in [5.74, 6) is -0.131. The van der Waals surface area contributed by atoms with Gasteiger partial charge in [-0.15, -0.1) is 0 Å². The third-order valence-electron chi connectivity index (χ3n) is 5.21. The molecule has 1 aliphatic rings. The van der Waals surface area contributed by atoms with Gasteiger partial charge in [-0.05, 0) is 49.7 Å². The molecule has 1 heterocycles. The number of esters is 1. The molecule has 0 spiro atoms. The highest BCUT2D eigenvalue weighted by molar-refractivity contribution is 5.98. The maximum absolute atomic E-state index is 12.6. The molecule has 32 heavy (non-hydrogen) atoms. The molecule has 1 aliphatic heterocycles. The highest BCUT2D eigenvalue weighted by Crippen LogP contribution is 2.29. The Balaban J connectivity index is 1.76. The van der Waals surface area contributed by atoms with E-state index in [1.54, 1.807) is 43.0 Å². The predicted molar refractivity (Wildman–Crippen MR) is 122 cm³/mol. The molecule has 0 aromatic heterocycles. The highest BCUT2D eigenvalue weighted by atomic mass is 16.5. The summed E-state index contributed by atoms with van der Waals surface area (Å²) in [5.41, 5.74) is 2.68. The zero-order valence-electron chi connectivity index (χ0n) is 18.7. The SMILES string of the molecule is CCOC(=O)c1ccc(N2CCN(C(C)=O)CC2)c(NC(=O)COc2cccc(C)c2)c1. The number of benzene rings is 2. The van der Waals surface area contributed by atoms with E-state index in [4.69, 9.17) is 9.47 Å². The number of anilines is 2. The number of nitrogens with one attached hydrogen (secondary N) is 1. The molecule has 0 atom stereocenters. The van der Waals surface area contributed by atoms with E-state index in [1.165, 1.54) is 0 Å². The molecular formula is C24H29N3O5. The molecule has 0 radical (unpaired) electrons. The van der Waals surface area contributed by atoms with Crippen molar-refractivity contribution < 1.29 is 23.9 Å². The standard InChI is InChI=1S/C24H29N3O5/c1-4-31-24(30)19-8-9-22(27-12-10-26(11-13-27)18(3)28)21(15-19)25-23(29)16-32-20-7-5-6-17(2)14-20/h5-9,14-15H,4,10-13,16H2,1-3H3,(H,25,29).